The lowest BCUT2D eigenvalue weighted by molar-refractivity contribution is 0.0467. The van der Waals surface area contributed by atoms with Gasteiger partial charge in [0, 0.05) is 10.9 Å². The molecule has 0 unspecified atom stereocenters. The van der Waals surface area contributed by atoms with Crippen molar-refractivity contribution >= 4 is 27.3 Å². The molecule has 0 amide bonds. The lowest BCUT2D eigenvalue weighted by Gasteiger charge is -2.10. The standard InChI is InChI=1S/C21H22N2O6S2/c1-4-28-18-8-6-14(9-19(18)27-3)20-23-15(12-30-20)11-29-21(24)17-10-16(31(22,25)26)7-5-13(17)2/h5-10,12H,4,11H2,1-3H3,(H2,22,25,26). The maximum absolute atomic E-state index is 12.5. The highest BCUT2D eigenvalue weighted by molar-refractivity contribution is 7.89. The summed E-state index contributed by atoms with van der Waals surface area (Å²) in [4.78, 5) is 16.8. The molecule has 0 aliphatic carbocycles. The largest absolute Gasteiger partial charge is 0.493 e. The van der Waals surface area contributed by atoms with E-state index < -0.39 is 16.0 Å². The number of sulfonamides is 1. The number of methoxy groups -OCH3 is 1. The van der Waals surface area contributed by atoms with Gasteiger partial charge in [-0.05, 0) is 49.7 Å². The topological polar surface area (TPSA) is 118 Å². The molecule has 10 heteroatoms. The normalized spacial score (nSPS) is 11.2. The van der Waals surface area contributed by atoms with Crippen LogP contribution in [-0.2, 0) is 21.4 Å². The SMILES string of the molecule is CCOc1ccc(-c2nc(COC(=O)c3cc(S(N)(=O)=O)ccc3C)cs2)cc1OC. The highest BCUT2D eigenvalue weighted by Gasteiger charge is 2.17. The van der Waals surface area contributed by atoms with Crippen molar-refractivity contribution in [2.75, 3.05) is 13.7 Å². The monoisotopic (exact) mass is 462 g/mol. The molecule has 0 spiro atoms. The van der Waals surface area contributed by atoms with E-state index in [0.717, 1.165) is 10.6 Å². The van der Waals surface area contributed by atoms with Crippen LogP contribution in [0.25, 0.3) is 10.6 Å². The molecule has 3 aromatic rings. The van der Waals surface area contributed by atoms with Gasteiger partial charge in [0.2, 0.25) is 10.0 Å². The third-order valence-electron chi connectivity index (χ3n) is 4.37. The van der Waals surface area contributed by atoms with E-state index in [1.807, 2.05) is 25.1 Å². The van der Waals surface area contributed by atoms with Gasteiger partial charge >= 0.3 is 5.97 Å². The van der Waals surface area contributed by atoms with Gasteiger partial charge in [-0.3, -0.25) is 0 Å². The predicted octanol–water partition coefficient (Wildman–Crippen LogP) is 3.53. The lowest BCUT2D eigenvalue weighted by atomic mass is 10.1. The van der Waals surface area contributed by atoms with Gasteiger partial charge in [0.25, 0.3) is 0 Å². The first kappa shape index (κ1) is 22.7. The van der Waals surface area contributed by atoms with Crippen LogP contribution in [0.3, 0.4) is 0 Å². The zero-order chi connectivity index (χ0) is 22.6. The molecule has 8 nitrogen and oxygen atoms in total. The van der Waals surface area contributed by atoms with Crippen molar-refractivity contribution in [1.82, 2.24) is 4.98 Å². The third-order valence-corrected chi connectivity index (χ3v) is 6.22. The van der Waals surface area contributed by atoms with Crippen molar-refractivity contribution < 1.29 is 27.4 Å². The minimum Gasteiger partial charge on any atom is -0.493 e. The molecular weight excluding hydrogens is 440 g/mol. The molecule has 0 atom stereocenters. The number of benzene rings is 2. The maximum Gasteiger partial charge on any atom is 0.338 e. The van der Waals surface area contributed by atoms with Crippen molar-refractivity contribution in [2.24, 2.45) is 5.14 Å². The number of carbonyl (C=O) groups excluding carboxylic acids is 1. The molecule has 0 radical (unpaired) electrons. The quantitative estimate of drug-likeness (QED) is 0.509. The Morgan fingerprint density at radius 2 is 1.94 bits per heavy atom. The molecule has 2 N–H and O–H groups in total. The number of primary sulfonamides is 1. The smallest absolute Gasteiger partial charge is 0.338 e. The van der Waals surface area contributed by atoms with Gasteiger partial charge in [-0.15, -0.1) is 11.3 Å². The Hall–Kier alpha value is -2.95. The molecule has 164 valence electrons. The van der Waals surface area contributed by atoms with E-state index in [-0.39, 0.29) is 17.1 Å². The van der Waals surface area contributed by atoms with Crippen LogP contribution in [0.2, 0.25) is 0 Å². The first-order chi connectivity index (χ1) is 14.7. The van der Waals surface area contributed by atoms with E-state index in [0.29, 0.717) is 29.4 Å². The fraction of sp³-hybridized carbons (Fsp3) is 0.238. The van der Waals surface area contributed by atoms with Crippen molar-refractivity contribution in [3.8, 4) is 22.1 Å². The number of ether oxygens (including phenoxy) is 3. The maximum atomic E-state index is 12.5. The minimum atomic E-state index is -3.92. The Bertz CT molecular complexity index is 1200. The summed E-state index contributed by atoms with van der Waals surface area (Å²) in [6.07, 6.45) is 0. The second-order valence-corrected chi connectivity index (χ2v) is 8.96. The number of esters is 1. The molecule has 0 aliphatic rings. The molecule has 0 fully saturated rings. The Labute approximate surface area is 184 Å². The molecule has 2 aromatic carbocycles. The lowest BCUT2D eigenvalue weighted by Crippen LogP contribution is -2.14. The summed E-state index contributed by atoms with van der Waals surface area (Å²) in [6, 6.07) is 9.60. The number of carbonyl (C=O) groups is 1. The Balaban J connectivity index is 1.73. The van der Waals surface area contributed by atoms with Gasteiger partial charge in [-0.25, -0.2) is 23.3 Å². The molecule has 1 aromatic heterocycles. The third kappa shape index (κ3) is 5.40. The second kappa shape index (κ2) is 9.46. The molecule has 31 heavy (non-hydrogen) atoms. The highest BCUT2D eigenvalue weighted by atomic mass is 32.2. The number of rotatable bonds is 8. The summed E-state index contributed by atoms with van der Waals surface area (Å²) in [5.74, 6) is 0.601. The van der Waals surface area contributed by atoms with E-state index in [1.165, 1.54) is 29.5 Å². The van der Waals surface area contributed by atoms with Gasteiger partial charge in [0.15, 0.2) is 11.5 Å². The van der Waals surface area contributed by atoms with Crippen LogP contribution in [0, 0.1) is 6.92 Å². The summed E-state index contributed by atoms with van der Waals surface area (Å²) in [5.41, 5.74) is 2.14. The number of hydrogen-bond donors (Lipinski definition) is 1. The number of aryl methyl sites for hydroxylation is 1. The zero-order valence-corrected chi connectivity index (χ0v) is 18.9. The summed E-state index contributed by atoms with van der Waals surface area (Å²) in [5, 5.41) is 7.67. The Morgan fingerprint density at radius 1 is 1.16 bits per heavy atom. The average molecular weight is 463 g/mol. The van der Waals surface area contributed by atoms with Crippen molar-refractivity contribution in [3.63, 3.8) is 0 Å². The number of nitrogens with two attached hydrogens (primary N) is 1. The molecular formula is C21H22N2O6S2. The molecule has 3 rings (SSSR count). The fourth-order valence-electron chi connectivity index (χ4n) is 2.80. The van der Waals surface area contributed by atoms with Crippen LogP contribution >= 0.6 is 11.3 Å². The summed E-state index contributed by atoms with van der Waals surface area (Å²) >= 11 is 1.40. The van der Waals surface area contributed by atoms with E-state index in [2.05, 4.69) is 4.98 Å². The van der Waals surface area contributed by atoms with E-state index in [4.69, 9.17) is 19.3 Å². The van der Waals surface area contributed by atoms with Crippen LogP contribution < -0.4 is 14.6 Å². The van der Waals surface area contributed by atoms with Crippen LogP contribution in [0.1, 0.15) is 28.5 Å². The van der Waals surface area contributed by atoms with E-state index in [9.17, 15) is 13.2 Å². The molecule has 0 saturated carbocycles. The first-order valence-corrected chi connectivity index (χ1v) is 11.7. The van der Waals surface area contributed by atoms with Crippen LogP contribution in [0.4, 0.5) is 0 Å². The number of thiazole rings is 1. The van der Waals surface area contributed by atoms with E-state index >= 15 is 0 Å². The molecule has 0 bridgehead atoms. The number of aromatic nitrogens is 1. The van der Waals surface area contributed by atoms with Gasteiger partial charge in [-0.2, -0.15) is 0 Å². The number of hydrogen-bond acceptors (Lipinski definition) is 8. The minimum absolute atomic E-state index is 0.0530. The van der Waals surface area contributed by atoms with E-state index in [1.54, 1.807) is 19.4 Å². The first-order valence-electron chi connectivity index (χ1n) is 9.29. The average Bonchev–Trinajstić information content (AvgIpc) is 3.21. The van der Waals surface area contributed by atoms with Crippen molar-refractivity contribution in [1.29, 1.82) is 0 Å². The summed E-state index contributed by atoms with van der Waals surface area (Å²) < 4.78 is 39.3. The van der Waals surface area contributed by atoms with Gasteiger partial charge in [-0.1, -0.05) is 6.07 Å². The zero-order valence-electron chi connectivity index (χ0n) is 17.2. The predicted molar refractivity (Wildman–Crippen MR) is 117 cm³/mol. The summed E-state index contributed by atoms with van der Waals surface area (Å²) in [6.45, 7) is 4.06. The van der Waals surface area contributed by atoms with Gasteiger partial charge in [0.1, 0.15) is 11.6 Å². The van der Waals surface area contributed by atoms with Gasteiger partial charge < -0.3 is 14.2 Å². The number of nitrogens with zero attached hydrogens (tertiary/aromatic N) is 1. The van der Waals surface area contributed by atoms with Gasteiger partial charge in [0.05, 0.1) is 29.9 Å². The molecule has 1 heterocycles. The van der Waals surface area contributed by atoms with Crippen LogP contribution in [-0.4, -0.2) is 33.1 Å². The van der Waals surface area contributed by atoms with Crippen LogP contribution in [0.15, 0.2) is 46.7 Å². The van der Waals surface area contributed by atoms with Crippen LogP contribution in [0.5, 0.6) is 11.5 Å². The Morgan fingerprint density at radius 3 is 2.61 bits per heavy atom. The fourth-order valence-corrected chi connectivity index (χ4v) is 4.14. The highest BCUT2D eigenvalue weighted by Crippen LogP contribution is 2.34. The second-order valence-electron chi connectivity index (χ2n) is 6.54. The molecule has 0 aliphatic heterocycles. The van der Waals surface area contributed by atoms with Crippen molar-refractivity contribution in [2.45, 2.75) is 25.3 Å². The summed E-state index contributed by atoms with van der Waals surface area (Å²) in [7, 11) is -2.35. The molecule has 0 saturated heterocycles. The Kier molecular flexibility index (Phi) is 6.94. The van der Waals surface area contributed by atoms with Crippen molar-refractivity contribution in [3.05, 3.63) is 58.6 Å².